The molecule has 2 aromatic rings. The van der Waals surface area contributed by atoms with Crippen LogP contribution in [0.2, 0.25) is 0 Å². The molecular formula is C27H33NO5. The Hall–Kier alpha value is -3.28. The van der Waals surface area contributed by atoms with Crippen LogP contribution < -0.4 is 9.47 Å². The van der Waals surface area contributed by atoms with Gasteiger partial charge in [0.05, 0.1) is 24.8 Å². The molecule has 1 saturated heterocycles. The van der Waals surface area contributed by atoms with E-state index in [4.69, 9.17) is 9.47 Å². The predicted octanol–water partition coefficient (Wildman–Crippen LogP) is 5.26. The largest absolute Gasteiger partial charge is 0.507 e. The summed E-state index contributed by atoms with van der Waals surface area (Å²) in [6, 6.07) is 12.0. The molecule has 1 unspecified atom stereocenters. The average Bonchev–Trinajstić information content (AvgIpc) is 3.04. The number of benzene rings is 2. The van der Waals surface area contributed by atoms with Gasteiger partial charge in [-0.1, -0.05) is 32.9 Å². The number of Topliss-reactive ketones (excluding diaryl/α,β-unsaturated/α-hetero) is 1. The number of rotatable bonds is 9. The first kappa shape index (κ1) is 24.4. The van der Waals surface area contributed by atoms with Gasteiger partial charge in [-0.3, -0.25) is 9.59 Å². The number of hydrogen-bond donors (Lipinski definition) is 1. The quantitative estimate of drug-likeness (QED) is 0.320. The average molecular weight is 452 g/mol. The van der Waals surface area contributed by atoms with Gasteiger partial charge in [-0.05, 0) is 67.6 Å². The molecule has 1 atom stereocenters. The van der Waals surface area contributed by atoms with Crippen LogP contribution in [-0.4, -0.2) is 41.5 Å². The minimum atomic E-state index is -0.669. The number of amides is 1. The molecule has 1 aliphatic rings. The summed E-state index contributed by atoms with van der Waals surface area (Å²) in [5, 5.41) is 11.2. The third-order valence-electron chi connectivity index (χ3n) is 5.53. The number of carbonyl (C=O) groups is 2. The minimum absolute atomic E-state index is 0.104. The minimum Gasteiger partial charge on any atom is -0.507 e. The number of likely N-dealkylation sites (tertiary alicyclic amines) is 1. The predicted molar refractivity (Wildman–Crippen MR) is 128 cm³/mol. The second-order valence-corrected chi connectivity index (χ2v) is 8.68. The molecule has 0 aliphatic carbocycles. The van der Waals surface area contributed by atoms with E-state index in [0.717, 1.165) is 16.9 Å². The Bertz CT molecular complexity index is 1040. The number of nitrogens with zero attached hydrogens (tertiary/aromatic N) is 1. The molecule has 2 aromatic carbocycles. The lowest BCUT2D eigenvalue weighted by atomic mass is 9.94. The molecule has 0 aromatic heterocycles. The molecule has 1 N–H and O–H groups in total. The molecule has 1 heterocycles. The van der Waals surface area contributed by atoms with Crippen LogP contribution in [-0.2, 0) is 9.59 Å². The van der Waals surface area contributed by atoms with Crippen molar-refractivity contribution in [2.24, 2.45) is 5.92 Å². The summed E-state index contributed by atoms with van der Waals surface area (Å²) in [5.74, 6) is 0.405. The first-order valence-electron chi connectivity index (χ1n) is 11.5. The topological polar surface area (TPSA) is 76.1 Å². The fourth-order valence-corrected chi connectivity index (χ4v) is 3.98. The Balaban J connectivity index is 2.05. The molecule has 0 spiro atoms. The maximum absolute atomic E-state index is 13.0. The van der Waals surface area contributed by atoms with Gasteiger partial charge in [0.1, 0.15) is 17.3 Å². The second-order valence-electron chi connectivity index (χ2n) is 8.68. The normalized spacial score (nSPS) is 17.6. The van der Waals surface area contributed by atoms with Crippen molar-refractivity contribution < 1.29 is 24.2 Å². The molecule has 6 heteroatoms. The van der Waals surface area contributed by atoms with E-state index < -0.39 is 17.7 Å². The van der Waals surface area contributed by atoms with Crippen LogP contribution in [0.25, 0.3) is 5.76 Å². The molecule has 1 amide bonds. The van der Waals surface area contributed by atoms with E-state index in [0.29, 0.717) is 43.4 Å². The number of ether oxygens (including phenoxy) is 2. The van der Waals surface area contributed by atoms with Crippen molar-refractivity contribution in [1.29, 1.82) is 0 Å². The van der Waals surface area contributed by atoms with Crippen LogP contribution in [0, 0.1) is 12.8 Å². The highest BCUT2D eigenvalue weighted by Gasteiger charge is 2.45. The van der Waals surface area contributed by atoms with Gasteiger partial charge in [-0.2, -0.15) is 0 Å². The fourth-order valence-electron chi connectivity index (χ4n) is 3.98. The SMILES string of the molecule is CCCN1C(=O)C(=O)/C(=C(\O)c2ccc(OCC)c(C)c2)C1c1ccc(OCC(C)C)cc1. The van der Waals surface area contributed by atoms with Crippen LogP contribution in [0.1, 0.15) is 56.8 Å². The molecule has 0 radical (unpaired) electrons. The summed E-state index contributed by atoms with van der Waals surface area (Å²) >= 11 is 0. The highest BCUT2D eigenvalue weighted by molar-refractivity contribution is 6.46. The summed E-state index contributed by atoms with van der Waals surface area (Å²) in [6.07, 6.45) is 0.696. The number of hydrogen-bond acceptors (Lipinski definition) is 5. The number of aliphatic hydroxyl groups excluding tert-OH is 1. The zero-order valence-corrected chi connectivity index (χ0v) is 20.1. The standard InChI is InChI=1S/C27H33NO5/c1-6-14-28-24(19-8-11-21(12-9-19)33-16-17(3)4)23(26(30)27(28)31)25(29)20-10-13-22(32-7-2)18(5)15-20/h8-13,15,17,24,29H,6-7,14,16H2,1-5H3/b25-23-. The summed E-state index contributed by atoms with van der Waals surface area (Å²) in [5.41, 5.74) is 2.18. The summed E-state index contributed by atoms with van der Waals surface area (Å²) in [4.78, 5) is 27.4. The lowest BCUT2D eigenvalue weighted by Crippen LogP contribution is -2.30. The molecule has 0 bridgehead atoms. The van der Waals surface area contributed by atoms with E-state index in [9.17, 15) is 14.7 Å². The maximum atomic E-state index is 13.0. The first-order valence-corrected chi connectivity index (χ1v) is 11.5. The third-order valence-corrected chi connectivity index (χ3v) is 5.53. The molecule has 176 valence electrons. The Kier molecular flexibility index (Phi) is 7.79. The van der Waals surface area contributed by atoms with Gasteiger partial charge in [0.25, 0.3) is 11.7 Å². The van der Waals surface area contributed by atoms with Gasteiger partial charge >= 0.3 is 0 Å². The van der Waals surface area contributed by atoms with Crippen molar-refractivity contribution >= 4 is 17.4 Å². The van der Waals surface area contributed by atoms with Gasteiger partial charge in [0, 0.05) is 12.1 Å². The monoisotopic (exact) mass is 451 g/mol. The number of aryl methyl sites for hydroxylation is 1. The van der Waals surface area contributed by atoms with E-state index in [2.05, 4.69) is 13.8 Å². The summed E-state index contributed by atoms with van der Waals surface area (Å²) < 4.78 is 11.4. The van der Waals surface area contributed by atoms with E-state index in [1.807, 2.05) is 45.0 Å². The van der Waals surface area contributed by atoms with Crippen molar-refractivity contribution in [1.82, 2.24) is 4.90 Å². The fraction of sp³-hybridized carbons (Fsp3) is 0.407. The van der Waals surface area contributed by atoms with Gasteiger partial charge in [0.2, 0.25) is 0 Å². The summed E-state index contributed by atoms with van der Waals surface area (Å²) in [6.45, 7) is 11.4. The zero-order valence-electron chi connectivity index (χ0n) is 20.1. The van der Waals surface area contributed by atoms with Gasteiger partial charge in [0.15, 0.2) is 0 Å². The van der Waals surface area contributed by atoms with Crippen LogP contribution in [0.3, 0.4) is 0 Å². The lowest BCUT2D eigenvalue weighted by Gasteiger charge is -2.25. The third kappa shape index (κ3) is 5.21. The van der Waals surface area contributed by atoms with E-state index >= 15 is 0 Å². The first-order chi connectivity index (χ1) is 15.8. The van der Waals surface area contributed by atoms with E-state index in [-0.39, 0.29) is 11.3 Å². The van der Waals surface area contributed by atoms with Crippen LogP contribution >= 0.6 is 0 Å². The van der Waals surface area contributed by atoms with E-state index in [1.54, 1.807) is 23.1 Å². The highest BCUT2D eigenvalue weighted by Crippen LogP contribution is 2.40. The van der Waals surface area contributed by atoms with Gasteiger partial charge in [-0.15, -0.1) is 0 Å². The Morgan fingerprint density at radius 1 is 1.06 bits per heavy atom. The molecule has 33 heavy (non-hydrogen) atoms. The van der Waals surface area contributed by atoms with Crippen molar-refractivity contribution in [3.63, 3.8) is 0 Å². The van der Waals surface area contributed by atoms with Crippen molar-refractivity contribution in [2.45, 2.75) is 47.1 Å². The Morgan fingerprint density at radius 2 is 1.76 bits per heavy atom. The molecule has 1 aliphatic heterocycles. The molecule has 6 nitrogen and oxygen atoms in total. The number of carbonyl (C=O) groups excluding carboxylic acids is 2. The highest BCUT2D eigenvalue weighted by atomic mass is 16.5. The number of ketones is 1. The molecule has 1 fully saturated rings. The lowest BCUT2D eigenvalue weighted by molar-refractivity contribution is -0.139. The van der Waals surface area contributed by atoms with E-state index in [1.165, 1.54) is 0 Å². The number of aliphatic hydroxyl groups is 1. The molecule has 0 saturated carbocycles. The Labute approximate surface area is 195 Å². The van der Waals surface area contributed by atoms with Crippen molar-refractivity contribution in [2.75, 3.05) is 19.8 Å². The zero-order chi connectivity index (χ0) is 24.1. The van der Waals surface area contributed by atoms with Crippen LogP contribution in [0.5, 0.6) is 11.5 Å². The molecular weight excluding hydrogens is 418 g/mol. The smallest absolute Gasteiger partial charge is 0.295 e. The second kappa shape index (κ2) is 10.6. The maximum Gasteiger partial charge on any atom is 0.295 e. The van der Waals surface area contributed by atoms with Crippen molar-refractivity contribution in [3.05, 3.63) is 64.7 Å². The van der Waals surface area contributed by atoms with Crippen LogP contribution in [0.15, 0.2) is 48.0 Å². The van der Waals surface area contributed by atoms with Crippen LogP contribution in [0.4, 0.5) is 0 Å². The molecule has 3 rings (SSSR count). The van der Waals surface area contributed by atoms with Crippen molar-refractivity contribution in [3.8, 4) is 11.5 Å². The van der Waals surface area contributed by atoms with Gasteiger partial charge < -0.3 is 19.5 Å². The van der Waals surface area contributed by atoms with Gasteiger partial charge in [-0.25, -0.2) is 0 Å². The summed E-state index contributed by atoms with van der Waals surface area (Å²) in [7, 11) is 0. The Morgan fingerprint density at radius 3 is 2.33 bits per heavy atom.